The number of nitrogens with one attached hydrogen (secondary N) is 3. The number of thioether (sulfide) groups is 1. The van der Waals surface area contributed by atoms with E-state index in [2.05, 4.69) is 16.0 Å². The van der Waals surface area contributed by atoms with E-state index in [1.807, 2.05) is 6.07 Å². The van der Waals surface area contributed by atoms with Gasteiger partial charge in [-0.2, -0.15) is 0 Å². The first-order chi connectivity index (χ1) is 19.7. The standard InChI is InChI=1S/C31H24Cl2FN3O3S/c1-19(29(38)36-27-15-12-22(32)17-26(27)33)41-25-9-5-8-24(18-25)35-31(40)28(16-20-10-13-23(34)14-11-20)37-30(39)21-6-3-2-4-7-21/h2-19H,1H3,(H,35,40)(H,36,38)(H,37,39)/b28-16-. The Morgan fingerprint density at radius 1 is 0.854 bits per heavy atom. The van der Waals surface area contributed by atoms with Gasteiger partial charge in [-0.05, 0) is 79.2 Å². The molecule has 3 N–H and O–H groups in total. The summed E-state index contributed by atoms with van der Waals surface area (Å²) in [6.07, 6.45) is 1.46. The fraction of sp³-hybridized carbons (Fsp3) is 0.0645. The van der Waals surface area contributed by atoms with Crippen molar-refractivity contribution in [3.05, 3.63) is 130 Å². The molecule has 3 amide bonds. The van der Waals surface area contributed by atoms with Crippen LogP contribution in [0.3, 0.4) is 0 Å². The molecule has 41 heavy (non-hydrogen) atoms. The van der Waals surface area contributed by atoms with E-state index in [9.17, 15) is 18.8 Å². The maximum atomic E-state index is 13.4. The Morgan fingerprint density at radius 2 is 1.59 bits per heavy atom. The summed E-state index contributed by atoms with van der Waals surface area (Å²) in [6.45, 7) is 1.75. The largest absolute Gasteiger partial charge is 0.324 e. The van der Waals surface area contributed by atoms with Crippen LogP contribution >= 0.6 is 35.0 Å². The lowest BCUT2D eigenvalue weighted by Gasteiger charge is -2.15. The molecule has 0 fully saturated rings. The zero-order valence-corrected chi connectivity index (χ0v) is 24.0. The minimum absolute atomic E-state index is 0.0314. The molecule has 0 spiro atoms. The summed E-state index contributed by atoms with van der Waals surface area (Å²) in [7, 11) is 0. The van der Waals surface area contributed by atoms with Crippen LogP contribution in [0.25, 0.3) is 6.08 Å². The Kier molecular flexibility index (Phi) is 10.2. The van der Waals surface area contributed by atoms with Gasteiger partial charge in [0, 0.05) is 21.2 Å². The first-order valence-electron chi connectivity index (χ1n) is 12.4. The number of hydrogen-bond donors (Lipinski definition) is 3. The highest BCUT2D eigenvalue weighted by atomic mass is 35.5. The van der Waals surface area contributed by atoms with Gasteiger partial charge in [-0.15, -0.1) is 11.8 Å². The van der Waals surface area contributed by atoms with E-state index in [0.29, 0.717) is 32.5 Å². The second-order valence-corrected chi connectivity index (χ2v) is 11.0. The summed E-state index contributed by atoms with van der Waals surface area (Å²) < 4.78 is 13.4. The maximum Gasteiger partial charge on any atom is 0.272 e. The maximum absolute atomic E-state index is 13.4. The van der Waals surface area contributed by atoms with Crippen molar-refractivity contribution < 1.29 is 18.8 Å². The van der Waals surface area contributed by atoms with Gasteiger partial charge in [0.25, 0.3) is 11.8 Å². The molecule has 0 aliphatic heterocycles. The second kappa shape index (κ2) is 14.0. The van der Waals surface area contributed by atoms with Crippen LogP contribution < -0.4 is 16.0 Å². The summed E-state index contributed by atoms with van der Waals surface area (Å²) in [4.78, 5) is 39.6. The summed E-state index contributed by atoms with van der Waals surface area (Å²) in [5, 5.41) is 8.52. The Labute approximate surface area is 250 Å². The zero-order valence-electron chi connectivity index (χ0n) is 21.7. The van der Waals surface area contributed by atoms with Crippen molar-refractivity contribution in [2.24, 2.45) is 0 Å². The predicted octanol–water partition coefficient (Wildman–Crippen LogP) is 7.66. The van der Waals surface area contributed by atoms with Crippen molar-refractivity contribution in [1.29, 1.82) is 0 Å². The number of halogens is 3. The second-order valence-electron chi connectivity index (χ2n) is 8.79. The van der Waals surface area contributed by atoms with Gasteiger partial charge in [0.05, 0.1) is 16.0 Å². The summed E-state index contributed by atoms with van der Waals surface area (Å²) in [5.74, 6) is -1.74. The van der Waals surface area contributed by atoms with Crippen molar-refractivity contribution >= 4 is 70.1 Å². The fourth-order valence-electron chi connectivity index (χ4n) is 3.60. The zero-order chi connectivity index (χ0) is 29.4. The third-order valence-electron chi connectivity index (χ3n) is 5.67. The molecule has 4 aromatic carbocycles. The number of hydrogen-bond acceptors (Lipinski definition) is 4. The van der Waals surface area contributed by atoms with Crippen molar-refractivity contribution in [3.63, 3.8) is 0 Å². The molecule has 0 heterocycles. The molecule has 0 aliphatic rings. The third kappa shape index (κ3) is 8.69. The van der Waals surface area contributed by atoms with Crippen LogP contribution in [0, 0.1) is 5.82 Å². The molecule has 1 atom stereocenters. The van der Waals surface area contributed by atoms with Gasteiger partial charge in [0.1, 0.15) is 11.5 Å². The van der Waals surface area contributed by atoms with Crippen molar-refractivity contribution in [3.8, 4) is 0 Å². The summed E-state index contributed by atoms with van der Waals surface area (Å²) >= 11 is 13.4. The monoisotopic (exact) mass is 607 g/mol. The molecular weight excluding hydrogens is 584 g/mol. The number of benzene rings is 4. The quantitative estimate of drug-likeness (QED) is 0.135. The molecule has 4 aromatic rings. The smallest absolute Gasteiger partial charge is 0.272 e. The Hall–Kier alpha value is -4.11. The van der Waals surface area contributed by atoms with Gasteiger partial charge in [-0.3, -0.25) is 14.4 Å². The fourth-order valence-corrected chi connectivity index (χ4v) is 4.98. The van der Waals surface area contributed by atoms with Crippen LogP contribution in [0.15, 0.2) is 108 Å². The molecule has 6 nitrogen and oxygen atoms in total. The van der Waals surface area contributed by atoms with Crippen LogP contribution in [-0.4, -0.2) is 23.0 Å². The summed E-state index contributed by atoms with van der Waals surface area (Å²) in [6, 6.07) is 25.8. The molecule has 0 saturated heterocycles. The van der Waals surface area contributed by atoms with Gasteiger partial charge in [0.15, 0.2) is 0 Å². The highest BCUT2D eigenvalue weighted by Crippen LogP contribution is 2.29. The molecule has 0 aromatic heterocycles. The number of carbonyl (C=O) groups is 3. The molecule has 208 valence electrons. The molecule has 0 bridgehead atoms. The molecular formula is C31H24Cl2FN3O3S. The van der Waals surface area contributed by atoms with E-state index >= 15 is 0 Å². The topological polar surface area (TPSA) is 87.3 Å². The van der Waals surface area contributed by atoms with Crippen molar-refractivity contribution in [2.45, 2.75) is 17.1 Å². The Bertz CT molecular complexity index is 1600. The van der Waals surface area contributed by atoms with Crippen LogP contribution in [0.5, 0.6) is 0 Å². The molecule has 0 aliphatic carbocycles. The van der Waals surface area contributed by atoms with E-state index < -0.39 is 22.9 Å². The lowest BCUT2D eigenvalue weighted by molar-refractivity contribution is -0.115. The normalized spacial score (nSPS) is 11.9. The van der Waals surface area contributed by atoms with E-state index in [1.54, 1.807) is 73.7 Å². The van der Waals surface area contributed by atoms with Gasteiger partial charge in [0.2, 0.25) is 5.91 Å². The third-order valence-corrected chi connectivity index (χ3v) is 7.31. The molecule has 1 unspecified atom stereocenters. The molecule has 0 radical (unpaired) electrons. The number of anilines is 2. The number of carbonyl (C=O) groups excluding carboxylic acids is 3. The Morgan fingerprint density at radius 3 is 2.29 bits per heavy atom. The van der Waals surface area contributed by atoms with E-state index in [-0.39, 0.29) is 11.6 Å². The SMILES string of the molecule is CC(Sc1cccc(NC(=O)/C(=C/c2ccc(F)cc2)NC(=O)c2ccccc2)c1)C(=O)Nc1ccc(Cl)cc1Cl. The van der Waals surface area contributed by atoms with Crippen molar-refractivity contribution in [2.75, 3.05) is 10.6 Å². The van der Waals surface area contributed by atoms with Gasteiger partial charge in [-0.1, -0.05) is 59.6 Å². The van der Waals surface area contributed by atoms with Gasteiger partial charge >= 0.3 is 0 Å². The van der Waals surface area contributed by atoms with E-state index in [4.69, 9.17) is 23.2 Å². The average Bonchev–Trinajstić information content (AvgIpc) is 2.95. The number of rotatable bonds is 9. The highest BCUT2D eigenvalue weighted by molar-refractivity contribution is 8.00. The first-order valence-corrected chi connectivity index (χ1v) is 14.0. The number of amides is 3. The lowest BCUT2D eigenvalue weighted by Crippen LogP contribution is -2.30. The van der Waals surface area contributed by atoms with E-state index in [1.165, 1.54) is 42.1 Å². The van der Waals surface area contributed by atoms with Gasteiger partial charge in [-0.25, -0.2) is 4.39 Å². The minimum Gasteiger partial charge on any atom is -0.324 e. The van der Waals surface area contributed by atoms with Crippen LogP contribution in [0.1, 0.15) is 22.8 Å². The lowest BCUT2D eigenvalue weighted by atomic mass is 10.1. The predicted molar refractivity (Wildman–Crippen MR) is 164 cm³/mol. The van der Waals surface area contributed by atoms with Crippen LogP contribution in [-0.2, 0) is 9.59 Å². The van der Waals surface area contributed by atoms with Crippen LogP contribution in [0.4, 0.5) is 15.8 Å². The summed E-state index contributed by atoms with van der Waals surface area (Å²) in [5.41, 5.74) is 1.77. The molecule has 10 heteroatoms. The van der Waals surface area contributed by atoms with Gasteiger partial charge < -0.3 is 16.0 Å². The Balaban J connectivity index is 1.47. The molecule has 0 saturated carbocycles. The highest BCUT2D eigenvalue weighted by Gasteiger charge is 2.18. The van der Waals surface area contributed by atoms with Crippen LogP contribution in [0.2, 0.25) is 10.0 Å². The first kappa shape index (κ1) is 29.9. The molecule has 4 rings (SSSR count). The van der Waals surface area contributed by atoms with Crippen molar-refractivity contribution in [1.82, 2.24) is 5.32 Å². The minimum atomic E-state index is -0.580. The average molecular weight is 609 g/mol. The van der Waals surface area contributed by atoms with E-state index in [0.717, 1.165) is 4.90 Å².